The molecule has 0 bridgehead atoms. The quantitative estimate of drug-likeness (QED) is 0.256. The maximum absolute atomic E-state index is 12.3. The number of ether oxygens (including phenoxy) is 1. The Morgan fingerprint density at radius 3 is 2.82 bits per heavy atom. The van der Waals surface area contributed by atoms with Gasteiger partial charge in [0.2, 0.25) is 5.13 Å². The second-order valence-electron chi connectivity index (χ2n) is 5.80. The van der Waals surface area contributed by atoms with Gasteiger partial charge in [0.15, 0.2) is 0 Å². The summed E-state index contributed by atoms with van der Waals surface area (Å²) in [6.45, 7) is 0. The van der Waals surface area contributed by atoms with Crippen LogP contribution in [0.25, 0.3) is 21.4 Å². The van der Waals surface area contributed by atoms with Crippen molar-refractivity contribution in [3.8, 4) is 16.2 Å². The first-order valence-electron chi connectivity index (χ1n) is 8.25. The van der Waals surface area contributed by atoms with E-state index in [0.29, 0.717) is 21.2 Å². The molecule has 140 valence electrons. The first kappa shape index (κ1) is 18.4. The molecule has 2 aromatic carbocycles. The molecule has 6 nitrogen and oxygen atoms in total. The molecule has 0 atom stereocenters. The van der Waals surface area contributed by atoms with E-state index in [2.05, 4.69) is 31.4 Å². The molecular formula is C20H14BrN3O3S. The van der Waals surface area contributed by atoms with Crippen LogP contribution in [0.1, 0.15) is 5.56 Å². The highest BCUT2D eigenvalue weighted by Gasteiger charge is 2.11. The lowest BCUT2D eigenvalue weighted by Gasteiger charge is -2.00. The Balaban J connectivity index is 1.54. The Bertz CT molecular complexity index is 1220. The van der Waals surface area contributed by atoms with Crippen molar-refractivity contribution in [1.29, 1.82) is 0 Å². The van der Waals surface area contributed by atoms with E-state index in [4.69, 9.17) is 9.15 Å². The van der Waals surface area contributed by atoms with Gasteiger partial charge in [0, 0.05) is 16.1 Å². The van der Waals surface area contributed by atoms with Gasteiger partial charge in [-0.3, -0.25) is 5.43 Å². The summed E-state index contributed by atoms with van der Waals surface area (Å²) in [6, 6.07) is 14.8. The van der Waals surface area contributed by atoms with Crippen molar-refractivity contribution in [2.24, 2.45) is 5.10 Å². The first-order valence-corrected chi connectivity index (χ1v) is 9.86. The number of nitrogens with zero attached hydrogens (tertiary/aromatic N) is 2. The highest BCUT2D eigenvalue weighted by Crippen LogP contribution is 2.29. The van der Waals surface area contributed by atoms with Crippen molar-refractivity contribution in [2.75, 3.05) is 12.5 Å². The normalized spacial score (nSPS) is 11.2. The van der Waals surface area contributed by atoms with Crippen LogP contribution in [-0.2, 0) is 0 Å². The predicted molar refractivity (Wildman–Crippen MR) is 116 cm³/mol. The molecule has 0 saturated carbocycles. The first-order chi connectivity index (χ1) is 13.6. The zero-order valence-corrected chi connectivity index (χ0v) is 17.1. The predicted octanol–water partition coefficient (Wildman–Crippen LogP) is 5.13. The molecule has 28 heavy (non-hydrogen) atoms. The number of hydrogen-bond donors (Lipinski definition) is 1. The molecule has 0 aliphatic carbocycles. The Labute approximate surface area is 172 Å². The standard InChI is InChI=1S/C20H14BrN3O3S/c1-26-15-5-2-12(3-6-15)10-23-24-20-22-11-18(28-20)16-9-13-8-14(21)4-7-17(13)27-19(16)25/h2-11H,1H3,(H,22,24). The maximum atomic E-state index is 12.3. The topological polar surface area (TPSA) is 76.7 Å². The van der Waals surface area contributed by atoms with Gasteiger partial charge in [0.25, 0.3) is 0 Å². The minimum absolute atomic E-state index is 0.397. The molecule has 4 rings (SSSR count). The maximum Gasteiger partial charge on any atom is 0.345 e. The average molecular weight is 456 g/mol. The summed E-state index contributed by atoms with van der Waals surface area (Å²) in [6.07, 6.45) is 3.31. The second kappa shape index (κ2) is 7.95. The molecule has 0 radical (unpaired) electrons. The number of halogens is 1. The molecule has 0 spiro atoms. The van der Waals surface area contributed by atoms with Crippen LogP contribution >= 0.6 is 27.3 Å². The number of benzene rings is 2. The van der Waals surface area contributed by atoms with Crippen LogP contribution in [0.5, 0.6) is 5.75 Å². The van der Waals surface area contributed by atoms with E-state index in [-0.39, 0.29) is 0 Å². The van der Waals surface area contributed by atoms with Gasteiger partial charge in [-0.1, -0.05) is 27.3 Å². The summed E-state index contributed by atoms with van der Waals surface area (Å²) < 4.78 is 11.5. The molecule has 8 heteroatoms. The Morgan fingerprint density at radius 1 is 1.21 bits per heavy atom. The minimum atomic E-state index is -0.397. The largest absolute Gasteiger partial charge is 0.497 e. The fourth-order valence-corrected chi connectivity index (χ4v) is 3.72. The zero-order chi connectivity index (χ0) is 19.5. The number of hydrogen-bond acceptors (Lipinski definition) is 7. The molecular weight excluding hydrogens is 442 g/mol. The van der Waals surface area contributed by atoms with Crippen molar-refractivity contribution in [2.45, 2.75) is 0 Å². The fraction of sp³-hybridized carbons (Fsp3) is 0.0500. The van der Waals surface area contributed by atoms with Crippen molar-refractivity contribution in [3.63, 3.8) is 0 Å². The van der Waals surface area contributed by atoms with Gasteiger partial charge >= 0.3 is 5.63 Å². The average Bonchev–Trinajstić information content (AvgIpc) is 3.17. The monoisotopic (exact) mass is 455 g/mol. The molecule has 0 saturated heterocycles. The summed E-state index contributed by atoms with van der Waals surface area (Å²) in [5.74, 6) is 0.788. The van der Waals surface area contributed by atoms with Crippen LogP contribution in [0.2, 0.25) is 0 Å². The number of hydrazone groups is 1. The highest BCUT2D eigenvalue weighted by molar-refractivity contribution is 9.10. The van der Waals surface area contributed by atoms with Crippen LogP contribution < -0.4 is 15.8 Å². The van der Waals surface area contributed by atoms with Crippen molar-refractivity contribution in [3.05, 3.63) is 75.2 Å². The third-order valence-electron chi connectivity index (χ3n) is 3.96. The number of nitrogens with one attached hydrogen (secondary N) is 1. The van der Waals surface area contributed by atoms with Crippen molar-refractivity contribution < 1.29 is 9.15 Å². The molecule has 0 aliphatic heterocycles. The number of anilines is 1. The van der Waals surface area contributed by atoms with E-state index in [1.54, 1.807) is 25.6 Å². The van der Waals surface area contributed by atoms with Gasteiger partial charge in [-0.15, -0.1) is 0 Å². The van der Waals surface area contributed by atoms with Gasteiger partial charge in [-0.2, -0.15) is 5.10 Å². The highest BCUT2D eigenvalue weighted by atomic mass is 79.9. The minimum Gasteiger partial charge on any atom is -0.497 e. The lowest BCUT2D eigenvalue weighted by Crippen LogP contribution is -2.01. The SMILES string of the molecule is COc1ccc(C=NNc2ncc(-c3cc4cc(Br)ccc4oc3=O)s2)cc1. The van der Waals surface area contributed by atoms with Crippen molar-refractivity contribution in [1.82, 2.24) is 4.98 Å². The van der Waals surface area contributed by atoms with Crippen molar-refractivity contribution >= 4 is 49.6 Å². The Kier molecular flexibility index (Phi) is 5.23. The molecule has 2 aromatic heterocycles. The van der Waals surface area contributed by atoms with E-state index in [1.807, 2.05) is 42.5 Å². The molecule has 4 aromatic rings. The molecule has 0 unspecified atom stereocenters. The van der Waals surface area contributed by atoms with Gasteiger partial charge in [0.1, 0.15) is 11.3 Å². The van der Waals surface area contributed by atoms with Gasteiger partial charge in [-0.05, 0) is 54.1 Å². The summed E-state index contributed by atoms with van der Waals surface area (Å²) >= 11 is 4.76. The zero-order valence-electron chi connectivity index (χ0n) is 14.7. The number of aromatic nitrogens is 1. The Hall–Kier alpha value is -2.97. The third-order valence-corrected chi connectivity index (χ3v) is 5.38. The molecule has 0 fully saturated rings. The summed E-state index contributed by atoms with van der Waals surface area (Å²) in [5.41, 5.74) is 4.42. The van der Waals surface area contributed by atoms with Crippen LogP contribution in [-0.4, -0.2) is 18.3 Å². The smallest absolute Gasteiger partial charge is 0.345 e. The number of thiazole rings is 1. The number of rotatable bonds is 5. The van der Waals surface area contributed by atoms with Gasteiger partial charge in [-0.25, -0.2) is 9.78 Å². The molecule has 1 N–H and O–H groups in total. The van der Waals surface area contributed by atoms with E-state index in [1.165, 1.54) is 11.3 Å². The fourth-order valence-electron chi connectivity index (χ4n) is 2.57. The second-order valence-corrected chi connectivity index (χ2v) is 7.75. The Morgan fingerprint density at radius 2 is 2.04 bits per heavy atom. The van der Waals surface area contributed by atoms with E-state index >= 15 is 0 Å². The van der Waals surface area contributed by atoms with Crippen LogP contribution in [0.3, 0.4) is 0 Å². The lowest BCUT2D eigenvalue weighted by molar-refractivity contribution is 0.415. The lowest BCUT2D eigenvalue weighted by atomic mass is 10.2. The van der Waals surface area contributed by atoms with Crippen LogP contribution in [0.15, 0.2) is 73.5 Å². The molecule has 0 aliphatic rings. The van der Waals surface area contributed by atoms with Gasteiger partial charge in [0.05, 0.1) is 23.8 Å². The summed E-state index contributed by atoms with van der Waals surface area (Å²) in [4.78, 5) is 17.3. The van der Waals surface area contributed by atoms with Crippen LogP contribution in [0, 0.1) is 0 Å². The van der Waals surface area contributed by atoms with Crippen LogP contribution in [0.4, 0.5) is 5.13 Å². The van der Waals surface area contributed by atoms with E-state index in [9.17, 15) is 4.79 Å². The van der Waals surface area contributed by atoms with E-state index in [0.717, 1.165) is 21.2 Å². The van der Waals surface area contributed by atoms with Gasteiger partial charge < -0.3 is 9.15 Å². The number of methoxy groups -OCH3 is 1. The molecule has 0 amide bonds. The molecule has 2 heterocycles. The third kappa shape index (κ3) is 3.97. The summed E-state index contributed by atoms with van der Waals surface area (Å²) in [7, 11) is 1.62. The van der Waals surface area contributed by atoms with E-state index < -0.39 is 5.63 Å². The number of fused-ring (bicyclic) bond motifs is 1. The summed E-state index contributed by atoms with van der Waals surface area (Å²) in [5, 5.41) is 5.60.